The topological polar surface area (TPSA) is 40.3 Å². The highest BCUT2D eigenvalue weighted by Gasteiger charge is 2.16. The second kappa shape index (κ2) is 58.3. The first-order valence-electron chi connectivity index (χ1n) is 48.0. The van der Waals surface area contributed by atoms with E-state index in [1.54, 1.807) is 0 Å². The molecule has 0 aliphatic carbocycles. The van der Waals surface area contributed by atoms with Crippen molar-refractivity contribution in [3.05, 3.63) is 542 Å². The third kappa shape index (κ3) is 33.5. The van der Waals surface area contributed by atoms with Gasteiger partial charge in [-0.05, 0) is 260 Å². The van der Waals surface area contributed by atoms with E-state index < -0.39 is 0 Å². The average molecular weight is 1780 g/mol. The Bertz CT molecular complexity index is 6020. The number of unbranched alkanes of at least 4 members (excludes halogenated alkanes) is 9. The number of rotatable bonds is 32. The van der Waals surface area contributed by atoms with Gasteiger partial charge in [0.15, 0.2) is 0 Å². The fourth-order valence-corrected chi connectivity index (χ4v) is 15.6. The second-order valence-corrected chi connectivity index (χ2v) is 33.0. The van der Waals surface area contributed by atoms with E-state index in [1.165, 1.54) is 138 Å². The number of hydrogen-bond donors (Lipinski definition) is 2. The van der Waals surface area contributed by atoms with E-state index in [9.17, 15) is 0 Å². The predicted molar refractivity (Wildman–Crippen MR) is 597 cm³/mol. The molecule has 2 N–H and O–H groups in total. The first-order chi connectivity index (χ1) is 67.0. The average Bonchev–Trinajstić information content (AvgIpc) is 0.800. The third-order valence-corrected chi connectivity index (χ3v) is 23.2. The largest absolute Gasteiger partial charge is 0.388 e. The molecule has 0 aliphatic rings. The molecule has 686 valence electrons. The van der Waals surface area contributed by atoms with Gasteiger partial charge >= 0.3 is 0 Å². The van der Waals surface area contributed by atoms with E-state index in [0.29, 0.717) is 0 Å². The van der Waals surface area contributed by atoms with Crippen molar-refractivity contribution in [2.75, 3.05) is 63.3 Å². The highest BCUT2D eigenvalue weighted by Crippen LogP contribution is 2.39. The lowest BCUT2D eigenvalue weighted by Crippen LogP contribution is -2.11. The van der Waals surface area contributed by atoms with Gasteiger partial charge in [-0.2, -0.15) is 0 Å². The standard InChI is InChI=1S/C27H23N.C25H22N2.C21H19N.C19H33N.C15H15N.C15H14.C7H9N/c1-22-12-18-26(19-13-22)28(25-10-6-3-7-11-25)27-20-16-24(17-21-27)15-14-23-8-4-2-5-9-23;1-26(21-11-5-2-6-12-21)22-17-19-25(20-18-22)27(23-13-7-3-8-14-23)24-15-9-4-10-16-24;1-2-9-18-14-16-21(17-15-18)22(19-10-5-3-6-11-19)20-12-7-4-8-13-20;1-3-4-5-6-7-8-9-10-11-12-13-18-14-16-19(20-2)17-15-18;1-3-13-9-11-15(12-10-13)16(2)14-7-5-4-6-8-14;1-2-15(13-9-5-3-6-10-13)14-11-7-4-8-12-14;1-8-7-5-3-2-4-6-7/h2-21H,1H3;2-20H,1H3;2-17H,1H3;14-17,20H,3-13H2,1-2H3;3-12H,1H2,2H3;2-12H,1H3;2-6,8H,1H3/b15-14+;;9-2+;;;;. The van der Waals surface area contributed by atoms with Crippen LogP contribution in [0.4, 0.5) is 85.3 Å². The number of nitrogens with one attached hydrogen (secondary N) is 2. The van der Waals surface area contributed by atoms with Crippen LogP contribution in [0.5, 0.6) is 0 Å². The van der Waals surface area contributed by atoms with E-state index in [-0.39, 0.29) is 0 Å². The zero-order valence-electron chi connectivity index (χ0n) is 80.8. The minimum atomic E-state index is 1.14. The van der Waals surface area contributed by atoms with Gasteiger partial charge in [0.05, 0.1) is 0 Å². The Balaban J connectivity index is 0.000000156. The van der Waals surface area contributed by atoms with Crippen molar-refractivity contribution in [3.63, 3.8) is 0 Å². The molecule has 17 aromatic carbocycles. The fourth-order valence-electron chi connectivity index (χ4n) is 15.6. The SMILES string of the molecule is C/C=C/c1ccc(N(c2ccccc2)c2ccccc2)cc1.C=Cc1ccc(N(C)c2ccccc2)cc1.CC=C(c1ccccc1)c1ccccc1.CCCCCCCCCCCCc1ccc(NC)cc1.CN(c1ccccc1)c1ccc(N(c2ccccc2)c2ccccc2)cc1.CNc1ccccc1.Cc1ccc(N(c2ccccc2)c2ccc(/C=C/c3ccccc3)cc2)cc1. The summed E-state index contributed by atoms with van der Waals surface area (Å²) in [4.78, 5) is 11.2. The second-order valence-electron chi connectivity index (χ2n) is 33.0. The minimum Gasteiger partial charge on any atom is -0.388 e. The van der Waals surface area contributed by atoms with Crippen LogP contribution in [0.25, 0.3) is 29.9 Å². The first-order valence-corrected chi connectivity index (χ1v) is 48.0. The zero-order chi connectivity index (χ0) is 95.0. The van der Waals surface area contributed by atoms with Crippen molar-refractivity contribution in [2.45, 2.75) is 98.3 Å². The molecule has 0 spiro atoms. The molecular formula is C129H135N7. The van der Waals surface area contributed by atoms with Crippen molar-refractivity contribution in [3.8, 4) is 0 Å². The number of aryl methyl sites for hydroxylation is 2. The number of anilines is 15. The quantitative estimate of drug-likeness (QED) is 0.0322. The van der Waals surface area contributed by atoms with Gasteiger partial charge in [0.2, 0.25) is 0 Å². The number of benzene rings is 17. The molecule has 136 heavy (non-hydrogen) atoms. The molecule has 0 bridgehead atoms. The highest BCUT2D eigenvalue weighted by molar-refractivity contribution is 5.83. The van der Waals surface area contributed by atoms with Crippen LogP contribution in [0.2, 0.25) is 0 Å². The maximum absolute atomic E-state index is 3.75. The van der Waals surface area contributed by atoms with Gasteiger partial charge in [-0.1, -0.05) is 411 Å². The Labute approximate surface area is 813 Å². The van der Waals surface area contributed by atoms with E-state index in [4.69, 9.17) is 0 Å². The summed E-state index contributed by atoms with van der Waals surface area (Å²) in [7, 11) is 8.04. The molecule has 17 rings (SSSR count). The summed E-state index contributed by atoms with van der Waals surface area (Å²) in [5, 5.41) is 6.19. The molecule has 0 unspecified atom stereocenters. The van der Waals surface area contributed by atoms with Crippen LogP contribution < -0.4 is 35.1 Å². The van der Waals surface area contributed by atoms with E-state index in [2.05, 4.69) is 483 Å². The molecule has 0 heterocycles. The lowest BCUT2D eigenvalue weighted by molar-refractivity contribution is 0.556. The first kappa shape index (κ1) is 101. The lowest BCUT2D eigenvalue weighted by atomic mass is 9.98. The van der Waals surface area contributed by atoms with Gasteiger partial charge in [0.1, 0.15) is 0 Å². The van der Waals surface area contributed by atoms with Crippen LogP contribution in [0.15, 0.2) is 498 Å². The highest BCUT2D eigenvalue weighted by atomic mass is 15.2. The number of allylic oxidation sites excluding steroid dienone is 2. The van der Waals surface area contributed by atoms with Crippen LogP contribution in [0.3, 0.4) is 0 Å². The third-order valence-electron chi connectivity index (χ3n) is 23.2. The normalized spacial score (nSPS) is 10.4. The van der Waals surface area contributed by atoms with Crippen molar-refractivity contribution in [1.82, 2.24) is 0 Å². The number of nitrogens with zero attached hydrogens (tertiary/aromatic N) is 5. The van der Waals surface area contributed by atoms with Crippen molar-refractivity contribution in [2.24, 2.45) is 0 Å². The monoisotopic (exact) mass is 1780 g/mol. The fraction of sp³-hybridized carbons (Fsp3) is 0.147. The predicted octanol–water partition coefficient (Wildman–Crippen LogP) is 36.9. The smallest absolute Gasteiger partial charge is 0.0463 e. The lowest BCUT2D eigenvalue weighted by Gasteiger charge is -2.26. The van der Waals surface area contributed by atoms with Crippen molar-refractivity contribution >= 4 is 115 Å². The summed E-state index contributed by atoms with van der Waals surface area (Å²) in [6.45, 7) is 12.3. The Kier molecular flexibility index (Phi) is 43.2. The maximum Gasteiger partial charge on any atom is 0.0463 e. The summed E-state index contributed by atoms with van der Waals surface area (Å²) in [6, 6.07) is 166. The van der Waals surface area contributed by atoms with E-state index >= 15 is 0 Å². The summed E-state index contributed by atoms with van der Waals surface area (Å²) < 4.78 is 0. The van der Waals surface area contributed by atoms with Crippen LogP contribution in [-0.4, -0.2) is 28.2 Å². The zero-order valence-corrected chi connectivity index (χ0v) is 80.8. The maximum atomic E-state index is 3.75. The summed E-state index contributed by atoms with van der Waals surface area (Å²) in [6.07, 6.45) is 27.9. The van der Waals surface area contributed by atoms with Gasteiger partial charge < -0.3 is 35.1 Å². The minimum absolute atomic E-state index is 1.14. The molecule has 0 radical (unpaired) electrons. The molecule has 0 aromatic heterocycles. The number of para-hydroxylation sites is 8. The molecule has 7 heteroatoms. The molecule has 0 saturated heterocycles. The molecule has 0 fully saturated rings. The Morgan fingerprint density at radius 1 is 0.250 bits per heavy atom. The van der Waals surface area contributed by atoms with Gasteiger partial charge in [-0.15, -0.1) is 0 Å². The molecule has 0 atom stereocenters. The Morgan fingerprint density at radius 2 is 0.493 bits per heavy atom. The summed E-state index contributed by atoms with van der Waals surface area (Å²) >= 11 is 0. The molecule has 0 aliphatic heterocycles. The van der Waals surface area contributed by atoms with Crippen molar-refractivity contribution < 1.29 is 0 Å². The summed E-state index contributed by atoms with van der Waals surface area (Å²) in [5.41, 5.74) is 28.7. The van der Waals surface area contributed by atoms with Gasteiger partial charge in [-0.25, -0.2) is 0 Å². The molecule has 7 nitrogen and oxygen atoms in total. The Hall–Kier alpha value is -15.7. The van der Waals surface area contributed by atoms with Crippen LogP contribution in [0, 0.1) is 6.92 Å². The molecule has 0 amide bonds. The molecule has 0 saturated carbocycles. The Morgan fingerprint density at radius 3 is 0.809 bits per heavy atom. The van der Waals surface area contributed by atoms with Gasteiger partial charge in [0.25, 0.3) is 0 Å². The van der Waals surface area contributed by atoms with Crippen LogP contribution in [0.1, 0.15) is 129 Å². The van der Waals surface area contributed by atoms with Gasteiger partial charge in [0, 0.05) is 114 Å². The molecular weight excluding hydrogens is 1650 g/mol. The van der Waals surface area contributed by atoms with Gasteiger partial charge in [-0.3, -0.25) is 0 Å². The van der Waals surface area contributed by atoms with Crippen LogP contribution in [-0.2, 0) is 6.42 Å². The number of hydrogen-bond acceptors (Lipinski definition) is 7. The van der Waals surface area contributed by atoms with E-state index in [0.717, 1.165) is 68.1 Å². The van der Waals surface area contributed by atoms with Crippen LogP contribution >= 0.6 is 0 Å². The van der Waals surface area contributed by atoms with E-state index in [1.807, 2.05) is 130 Å². The van der Waals surface area contributed by atoms with Crippen molar-refractivity contribution in [1.29, 1.82) is 0 Å². The molecule has 17 aromatic rings. The summed E-state index contributed by atoms with van der Waals surface area (Å²) in [5.74, 6) is 0.